The summed E-state index contributed by atoms with van der Waals surface area (Å²) in [5.41, 5.74) is 5.57. The van der Waals surface area contributed by atoms with Crippen molar-refractivity contribution in [2.45, 2.75) is 25.4 Å². The number of hydrogen-bond donors (Lipinski definition) is 2. The number of nitrogens with one attached hydrogen (secondary N) is 1. The molecule has 3 N–H and O–H groups in total. The summed E-state index contributed by atoms with van der Waals surface area (Å²) in [5, 5.41) is 2.43. The van der Waals surface area contributed by atoms with E-state index in [9.17, 15) is 22.0 Å². The van der Waals surface area contributed by atoms with Gasteiger partial charge in [0.2, 0.25) is 5.91 Å². The minimum atomic E-state index is -3.22. The summed E-state index contributed by atoms with van der Waals surface area (Å²) in [4.78, 5) is 11.8. The van der Waals surface area contributed by atoms with Crippen LogP contribution in [0.2, 0.25) is 0 Å². The lowest BCUT2D eigenvalue weighted by atomic mass is 10.1. The first-order valence-corrected chi connectivity index (χ1v) is 8.35. The average Bonchev–Trinajstić information content (AvgIpc) is 2.37. The van der Waals surface area contributed by atoms with E-state index in [-0.39, 0.29) is 17.7 Å². The second-order valence-corrected chi connectivity index (χ2v) is 7.18. The van der Waals surface area contributed by atoms with Crippen molar-refractivity contribution in [1.29, 1.82) is 0 Å². The van der Waals surface area contributed by atoms with E-state index in [1.807, 2.05) is 0 Å². The fraction of sp³-hybridized carbons (Fsp3) is 0.462. The predicted octanol–water partition coefficient (Wildman–Crippen LogP) is 0.904. The lowest BCUT2D eigenvalue weighted by Gasteiger charge is -2.18. The van der Waals surface area contributed by atoms with Gasteiger partial charge in [0.05, 0.1) is 17.8 Å². The summed E-state index contributed by atoms with van der Waals surface area (Å²) < 4.78 is 48.6. The molecule has 1 aromatic rings. The van der Waals surface area contributed by atoms with Crippen molar-refractivity contribution in [2.75, 3.05) is 12.0 Å². The molecule has 0 aliphatic rings. The third kappa shape index (κ3) is 5.76. The monoisotopic (exact) mass is 320 g/mol. The largest absolute Gasteiger partial charge is 0.348 e. The number of amides is 1. The molecule has 2 unspecified atom stereocenters. The Morgan fingerprint density at radius 1 is 1.38 bits per heavy atom. The Kier molecular flexibility index (Phi) is 5.79. The summed E-state index contributed by atoms with van der Waals surface area (Å²) in [6.07, 6.45) is 1.01. The van der Waals surface area contributed by atoms with Crippen molar-refractivity contribution in [3.05, 3.63) is 35.4 Å². The quantitative estimate of drug-likeness (QED) is 0.815. The van der Waals surface area contributed by atoms with E-state index in [4.69, 9.17) is 5.73 Å². The van der Waals surface area contributed by atoms with Gasteiger partial charge in [-0.05, 0) is 31.5 Å². The van der Waals surface area contributed by atoms with Crippen molar-refractivity contribution < 1.29 is 22.0 Å². The maximum Gasteiger partial charge on any atom is 0.237 e. The molecule has 0 bridgehead atoms. The van der Waals surface area contributed by atoms with Crippen LogP contribution in [0.25, 0.3) is 0 Å². The third-order valence-corrected chi connectivity index (χ3v) is 3.90. The number of carbonyl (C=O) groups excluding carboxylic acids is 1. The van der Waals surface area contributed by atoms with E-state index < -0.39 is 39.5 Å². The molecule has 1 amide bonds. The Balaban J connectivity index is 2.67. The molecule has 1 aromatic carbocycles. The predicted molar refractivity (Wildman–Crippen MR) is 75.2 cm³/mol. The second kappa shape index (κ2) is 6.95. The lowest BCUT2D eigenvalue weighted by molar-refractivity contribution is -0.123. The SMILES string of the molecule is CC(NC(=O)C(N)CCS(C)(=O)=O)c1cc(F)ccc1F. The van der Waals surface area contributed by atoms with E-state index in [2.05, 4.69) is 5.32 Å². The number of rotatable bonds is 6. The van der Waals surface area contributed by atoms with E-state index in [1.54, 1.807) is 0 Å². The molecule has 0 saturated carbocycles. The standard InChI is InChI=1S/C13H18F2N2O3S/c1-8(10-7-9(14)3-4-11(10)15)17-13(18)12(16)5-6-21(2,19)20/h3-4,7-8,12H,5-6,16H2,1-2H3,(H,17,18). The summed E-state index contributed by atoms with van der Waals surface area (Å²) in [6.45, 7) is 1.49. The van der Waals surface area contributed by atoms with E-state index in [0.717, 1.165) is 24.5 Å². The highest BCUT2D eigenvalue weighted by Gasteiger charge is 2.20. The molecule has 0 aliphatic heterocycles. The lowest BCUT2D eigenvalue weighted by Crippen LogP contribution is -2.42. The summed E-state index contributed by atoms with van der Waals surface area (Å²) in [7, 11) is -3.22. The van der Waals surface area contributed by atoms with Gasteiger partial charge in [0.1, 0.15) is 21.5 Å². The highest BCUT2D eigenvalue weighted by Crippen LogP contribution is 2.18. The summed E-state index contributed by atoms with van der Waals surface area (Å²) >= 11 is 0. The van der Waals surface area contributed by atoms with Crippen LogP contribution in [-0.4, -0.2) is 32.4 Å². The molecular weight excluding hydrogens is 302 g/mol. The fourth-order valence-corrected chi connectivity index (χ4v) is 2.40. The van der Waals surface area contributed by atoms with Gasteiger partial charge in [-0.1, -0.05) is 0 Å². The van der Waals surface area contributed by atoms with Crippen LogP contribution in [0.1, 0.15) is 24.9 Å². The molecule has 2 atom stereocenters. The summed E-state index contributed by atoms with van der Waals surface area (Å²) in [5.74, 6) is -2.10. The van der Waals surface area contributed by atoms with Crippen LogP contribution < -0.4 is 11.1 Å². The Morgan fingerprint density at radius 3 is 2.57 bits per heavy atom. The third-order valence-electron chi connectivity index (χ3n) is 2.92. The van der Waals surface area contributed by atoms with Gasteiger partial charge >= 0.3 is 0 Å². The van der Waals surface area contributed by atoms with Crippen LogP contribution in [0.4, 0.5) is 8.78 Å². The van der Waals surface area contributed by atoms with E-state index >= 15 is 0 Å². The topological polar surface area (TPSA) is 89.3 Å². The number of nitrogens with two attached hydrogens (primary N) is 1. The molecule has 0 heterocycles. The second-order valence-electron chi connectivity index (χ2n) is 4.92. The Morgan fingerprint density at radius 2 is 2.00 bits per heavy atom. The molecule has 118 valence electrons. The van der Waals surface area contributed by atoms with Crippen molar-refractivity contribution >= 4 is 15.7 Å². The Labute approximate surface area is 122 Å². The minimum absolute atomic E-state index is 0.00124. The smallest absolute Gasteiger partial charge is 0.237 e. The first-order valence-electron chi connectivity index (χ1n) is 6.29. The average molecular weight is 320 g/mol. The maximum atomic E-state index is 13.5. The highest BCUT2D eigenvalue weighted by atomic mass is 32.2. The Bertz CT molecular complexity index is 620. The highest BCUT2D eigenvalue weighted by molar-refractivity contribution is 7.90. The normalized spacial score (nSPS) is 14.5. The van der Waals surface area contributed by atoms with E-state index in [0.29, 0.717) is 0 Å². The van der Waals surface area contributed by atoms with Gasteiger partial charge in [-0.15, -0.1) is 0 Å². The van der Waals surface area contributed by atoms with Gasteiger partial charge < -0.3 is 11.1 Å². The molecule has 0 fully saturated rings. The van der Waals surface area contributed by atoms with Gasteiger partial charge in [-0.2, -0.15) is 0 Å². The molecule has 0 aliphatic carbocycles. The zero-order chi connectivity index (χ0) is 16.2. The first-order chi connectivity index (χ1) is 9.60. The Hall–Kier alpha value is -1.54. The van der Waals surface area contributed by atoms with Crippen LogP contribution in [0.15, 0.2) is 18.2 Å². The van der Waals surface area contributed by atoms with Gasteiger partial charge in [-0.3, -0.25) is 4.79 Å². The molecular formula is C13H18F2N2O3S. The van der Waals surface area contributed by atoms with Crippen molar-refractivity contribution in [2.24, 2.45) is 5.73 Å². The molecule has 1 rings (SSSR count). The minimum Gasteiger partial charge on any atom is -0.348 e. The van der Waals surface area contributed by atoms with Crippen LogP contribution in [0, 0.1) is 11.6 Å². The van der Waals surface area contributed by atoms with Gasteiger partial charge in [0.15, 0.2) is 0 Å². The zero-order valence-electron chi connectivity index (χ0n) is 11.8. The number of carbonyl (C=O) groups is 1. The number of sulfone groups is 1. The summed E-state index contributed by atoms with van der Waals surface area (Å²) in [6, 6.07) is 1.13. The van der Waals surface area contributed by atoms with Crippen LogP contribution in [0.3, 0.4) is 0 Å². The van der Waals surface area contributed by atoms with Crippen molar-refractivity contribution in [1.82, 2.24) is 5.32 Å². The first kappa shape index (κ1) is 17.5. The molecule has 5 nitrogen and oxygen atoms in total. The fourth-order valence-electron chi connectivity index (χ4n) is 1.72. The number of benzene rings is 1. The van der Waals surface area contributed by atoms with Gasteiger partial charge in [0, 0.05) is 11.8 Å². The van der Waals surface area contributed by atoms with Crippen LogP contribution in [0.5, 0.6) is 0 Å². The number of halogens is 2. The van der Waals surface area contributed by atoms with E-state index in [1.165, 1.54) is 6.92 Å². The van der Waals surface area contributed by atoms with Crippen LogP contribution >= 0.6 is 0 Å². The van der Waals surface area contributed by atoms with Gasteiger partial charge in [-0.25, -0.2) is 17.2 Å². The molecule has 0 spiro atoms. The van der Waals surface area contributed by atoms with Gasteiger partial charge in [0.25, 0.3) is 0 Å². The maximum absolute atomic E-state index is 13.5. The molecule has 21 heavy (non-hydrogen) atoms. The molecule has 0 aromatic heterocycles. The number of hydrogen-bond acceptors (Lipinski definition) is 4. The van der Waals surface area contributed by atoms with Crippen molar-refractivity contribution in [3.63, 3.8) is 0 Å². The van der Waals surface area contributed by atoms with Crippen molar-refractivity contribution in [3.8, 4) is 0 Å². The van der Waals surface area contributed by atoms with Crippen LogP contribution in [-0.2, 0) is 14.6 Å². The molecule has 8 heteroatoms. The molecule has 0 radical (unpaired) electrons. The zero-order valence-corrected chi connectivity index (χ0v) is 12.6. The molecule has 0 saturated heterocycles.